The van der Waals surface area contributed by atoms with Gasteiger partial charge in [-0.15, -0.1) is 0 Å². The minimum absolute atomic E-state index is 0.0221. The number of hydrogen-bond acceptors (Lipinski definition) is 3. The van der Waals surface area contributed by atoms with E-state index in [0.717, 1.165) is 49.0 Å². The predicted octanol–water partition coefficient (Wildman–Crippen LogP) is 10.2. The Morgan fingerprint density at radius 1 is 1.04 bits per heavy atom. The van der Waals surface area contributed by atoms with Gasteiger partial charge in [-0.2, -0.15) is 0 Å². The van der Waals surface area contributed by atoms with Crippen LogP contribution in [0.3, 0.4) is 0 Å². The molecule has 7 heteroatoms. The third kappa shape index (κ3) is 11.4. The van der Waals surface area contributed by atoms with Crippen LogP contribution in [0.1, 0.15) is 149 Å². The molecule has 0 bridgehead atoms. The van der Waals surface area contributed by atoms with Crippen molar-refractivity contribution in [2.75, 3.05) is 0 Å². The van der Waals surface area contributed by atoms with E-state index in [9.17, 15) is 9.18 Å². The summed E-state index contributed by atoms with van der Waals surface area (Å²) in [5.41, 5.74) is 8.71. The van der Waals surface area contributed by atoms with Gasteiger partial charge in [-0.05, 0) is 124 Å². The highest BCUT2D eigenvalue weighted by Crippen LogP contribution is 2.46. The number of halogens is 1. The molecule has 3 aliphatic rings. The molecule has 0 aliphatic heterocycles. The van der Waals surface area contributed by atoms with Crippen LogP contribution in [0.4, 0.5) is 4.39 Å². The summed E-state index contributed by atoms with van der Waals surface area (Å²) < 4.78 is 20.1. The van der Waals surface area contributed by atoms with Crippen molar-refractivity contribution >= 4 is 19.7 Å². The van der Waals surface area contributed by atoms with Crippen molar-refractivity contribution in [3.63, 3.8) is 0 Å². The standard InChI is InChI=1S/C28H37BNO2.C12H23F.CH3NO/c1-19(2)29-30-27(31)28(3,4)21-16-17-26(32-22-12-5-6-13-22)25(18-21)24-15-8-7-14-23(24)20-10-9-11-20;1-4-10(2)8-11(13)9-12(3)6-5-7-12;2-1-3/h7-8,14-20,22H,5-6,9-13H2,1-4H3,(H,30,31);10-11H,4-9H2,1-3H3;1H,(H2,2,3). The van der Waals surface area contributed by atoms with Crippen LogP contribution in [0.2, 0.25) is 5.82 Å². The molecule has 0 heterocycles. The van der Waals surface area contributed by atoms with Crippen molar-refractivity contribution in [2.24, 2.45) is 17.1 Å². The van der Waals surface area contributed by atoms with Gasteiger partial charge in [0.1, 0.15) is 11.9 Å². The van der Waals surface area contributed by atoms with Gasteiger partial charge in [0.05, 0.1) is 11.5 Å². The molecule has 48 heavy (non-hydrogen) atoms. The highest BCUT2D eigenvalue weighted by Gasteiger charge is 2.35. The number of nitrogens with two attached hydrogens (primary N) is 1. The number of carbonyl (C=O) groups excluding carboxylic acids is 2. The lowest BCUT2D eigenvalue weighted by molar-refractivity contribution is -0.124. The smallest absolute Gasteiger partial charge is 0.249 e. The Morgan fingerprint density at radius 3 is 2.23 bits per heavy atom. The van der Waals surface area contributed by atoms with E-state index in [1.807, 2.05) is 21.3 Å². The first-order valence-corrected chi connectivity index (χ1v) is 18.7. The fourth-order valence-electron chi connectivity index (χ4n) is 6.99. The molecule has 0 saturated heterocycles. The van der Waals surface area contributed by atoms with Gasteiger partial charge in [0.25, 0.3) is 0 Å². The van der Waals surface area contributed by atoms with Gasteiger partial charge in [-0.25, -0.2) is 4.39 Å². The van der Waals surface area contributed by atoms with E-state index in [-0.39, 0.29) is 12.3 Å². The molecule has 2 atom stereocenters. The Bertz CT molecular complexity index is 1280. The van der Waals surface area contributed by atoms with Crippen molar-refractivity contribution in [1.29, 1.82) is 0 Å². The minimum Gasteiger partial charge on any atom is -0.490 e. The van der Waals surface area contributed by atoms with Crippen LogP contribution < -0.4 is 15.7 Å². The number of ether oxygens (including phenoxy) is 1. The maximum atomic E-state index is 13.6. The fraction of sp³-hybridized carbons (Fsp3) is 0.659. The first-order chi connectivity index (χ1) is 22.8. The first-order valence-electron chi connectivity index (χ1n) is 18.7. The molecule has 5 rings (SSSR count). The topological polar surface area (TPSA) is 81.4 Å². The monoisotopic (exact) mass is 661 g/mol. The molecule has 3 N–H and O–H groups in total. The number of primary amides is 1. The van der Waals surface area contributed by atoms with Gasteiger partial charge in [-0.3, -0.25) is 9.59 Å². The predicted molar refractivity (Wildman–Crippen MR) is 199 cm³/mol. The number of rotatable bonds is 13. The largest absolute Gasteiger partial charge is 0.490 e. The molecule has 2 amide bonds. The molecule has 3 fully saturated rings. The van der Waals surface area contributed by atoms with E-state index in [2.05, 4.69) is 88.0 Å². The zero-order chi connectivity index (χ0) is 35.3. The van der Waals surface area contributed by atoms with Crippen LogP contribution in [-0.2, 0) is 15.0 Å². The number of hydrogen-bond donors (Lipinski definition) is 2. The SMILES string of the molecule is CC(C)[B]NC(=O)C(C)(C)c1ccc(OC2CCCC2)c(-c2ccccc2C2CCC2)c1.CCC(C)CC(F)CC1(C)CCC1.NC=O. The van der Waals surface area contributed by atoms with Gasteiger partial charge in [-0.1, -0.05) is 90.0 Å². The van der Waals surface area contributed by atoms with E-state index in [1.165, 1.54) is 62.5 Å². The second-order valence-electron chi connectivity index (χ2n) is 15.8. The van der Waals surface area contributed by atoms with Crippen molar-refractivity contribution in [1.82, 2.24) is 5.23 Å². The quantitative estimate of drug-likeness (QED) is 0.166. The molecule has 265 valence electrons. The number of alkyl halides is 1. The second kappa shape index (κ2) is 18.8. The molecule has 3 aliphatic carbocycles. The first kappa shape index (κ1) is 39.6. The summed E-state index contributed by atoms with van der Waals surface area (Å²) in [5.74, 6) is 2.47. The van der Waals surface area contributed by atoms with E-state index in [1.54, 1.807) is 0 Å². The van der Waals surface area contributed by atoms with Crippen molar-refractivity contribution < 1.29 is 18.7 Å². The van der Waals surface area contributed by atoms with E-state index < -0.39 is 11.6 Å². The fourth-order valence-corrected chi connectivity index (χ4v) is 6.99. The number of benzene rings is 2. The van der Waals surface area contributed by atoms with Crippen LogP contribution >= 0.6 is 0 Å². The zero-order valence-electron chi connectivity index (χ0n) is 31.0. The van der Waals surface area contributed by atoms with E-state index >= 15 is 0 Å². The number of nitrogens with one attached hydrogen (secondary N) is 1. The summed E-state index contributed by atoms with van der Waals surface area (Å²) in [6.07, 6.45) is 15.1. The zero-order valence-corrected chi connectivity index (χ0v) is 31.0. The Kier molecular flexibility index (Phi) is 15.5. The highest BCUT2D eigenvalue weighted by molar-refractivity contribution is 6.39. The minimum atomic E-state index is -0.641. The normalized spacial score (nSPS) is 18.5. The van der Waals surface area contributed by atoms with Crippen LogP contribution in [0.5, 0.6) is 5.75 Å². The average Bonchev–Trinajstić information content (AvgIpc) is 3.52. The summed E-state index contributed by atoms with van der Waals surface area (Å²) in [7, 11) is 1.87. The van der Waals surface area contributed by atoms with Crippen LogP contribution in [0.15, 0.2) is 42.5 Å². The second-order valence-corrected chi connectivity index (χ2v) is 15.8. The Labute approximate surface area is 292 Å². The molecule has 0 aromatic heterocycles. The summed E-state index contributed by atoms with van der Waals surface area (Å²) in [6, 6.07) is 15.2. The lowest BCUT2D eigenvalue weighted by Gasteiger charge is -2.39. The summed E-state index contributed by atoms with van der Waals surface area (Å²) >= 11 is 0. The molecule has 0 spiro atoms. The maximum absolute atomic E-state index is 13.6. The lowest BCUT2D eigenvalue weighted by atomic mass is 9.67. The van der Waals surface area contributed by atoms with Crippen LogP contribution in [0, 0.1) is 11.3 Å². The number of amides is 2. The van der Waals surface area contributed by atoms with Crippen molar-refractivity contribution in [3.05, 3.63) is 53.6 Å². The molecule has 2 aromatic carbocycles. The Balaban J connectivity index is 0.000000325. The number of carbonyl (C=O) groups is 2. The summed E-state index contributed by atoms with van der Waals surface area (Å²) in [6.45, 7) is 14.7. The third-order valence-corrected chi connectivity index (χ3v) is 10.8. The molecule has 5 nitrogen and oxygen atoms in total. The average molecular weight is 662 g/mol. The highest BCUT2D eigenvalue weighted by atomic mass is 19.1. The molecule has 1 radical (unpaired) electrons. The summed E-state index contributed by atoms with van der Waals surface area (Å²) in [4.78, 5) is 21.6. The van der Waals surface area contributed by atoms with Crippen LogP contribution in [0.25, 0.3) is 11.1 Å². The van der Waals surface area contributed by atoms with Gasteiger partial charge in [0, 0.05) is 5.56 Å². The van der Waals surface area contributed by atoms with E-state index in [4.69, 9.17) is 9.53 Å². The van der Waals surface area contributed by atoms with Crippen LogP contribution in [-0.4, -0.2) is 32.0 Å². The van der Waals surface area contributed by atoms with Crippen molar-refractivity contribution in [2.45, 2.75) is 161 Å². The molecular weight excluding hydrogens is 598 g/mol. The van der Waals surface area contributed by atoms with E-state index in [0.29, 0.717) is 29.2 Å². The maximum Gasteiger partial charge on any atom is 0.249 e. The molecule has 2 unspecified atom stereocenters. The van der Waals surface area contributed by atoms with Gasteiger partial charge < -0.3 is 15.7 Å². The molecule has 3 saturated carbocycles. The Morgan fingerprint density at radius 2 is 1.69 bits per heavy atom. The van der Waals surface area contributed by atoms with Gasteiger partial charge >= 0.3 is 0 Å². The lowest BCUT2D eigenvalue weighted by Crippen LogP contribution is -2.42. The van der Waals surface area contributed by atoms with Gasteiger partial charge in [0.2, 0.25) is 19.7 Å². The summed E-state index contributed by atoms with van der Waals surface area (Å²) in [5, 5.41) is 3.01. The Hall–Kier alpha value is -2.83. The van der Waals surface area contributed by atoms with Crippen molar-refractivity contribution in [3.8, 4) is 16.9 Å². The molecular formula is C41H63BFN2O3. The van der Waals surface area contributed by atoms with Gasteiger partial charge in [0.15, 0.2) is 0 Å². The third-order valence-electron chi connectivity index (χ3n) is 10.8. The molecule has 2 aromatic rings.